The normalized spacial score (nSPS) is 16.6. The fraction of sp³-hybridized carbons (Fsp3) is 0.500. The summed E-state index contributed by atoms with van der Waals surface area (Å²) >= 11 is 16.2. The van der Waals surface area contributed by atoms with E-state index in [-0.39, 0.29) is 11.6 Å². The molecule has 1 aliphatic rings. The van der Waals surface area contributed by atoms with Gasteiger partial charge >= 0.3 is 6.09 Å². The van der Waals surface area contributed by atoms with E-state index in [4.69, 9.17) is 27.9 Å². The van der Waals surface area contributed by atoms with Crippen LogP contribution in [0.1, 0.15) is 40.5 Å². The molecule has 1 aromatic carbocycles. The summed E-state index contributed by atoms with van der Waals surface area (Å²) in [5.74, 6) is 0. The Morgan fingerprint density at radius 3 is 2.52 bits per heavy atom. The molecular formula is C20H25BrCl2N4O2. The van der Waals surface area contributed by atoms with E-state index in [1.807, 2.05) is 32.9 Å². The van der Waals surface area contributed by atoms with Gasteiger partial charge in [0, 0.05) is 29.9 Å². The van der Waals surface area contributed by atoms with Crippen molar-refractivity contribution < 1.29 is 9.53 Å². The van der Waals surface area contributed by atoms with Crippen LogP contribution in [0.15, 0.2) is 22.8 Å². The van der Waals surface area contributed by atoms with Crippen LogP contribution < -0.4 is 10.2 Å². The number of hydrogen-bond acceptors (Lipinski definition) is 4. The van der Waals surface area contributed by atoms with E-state index in [1.165, 1.54) is 0 Å². The molecule has 2 heterocycles. The number of H-pyrrole nitrogens is 1. The van der Waals surface area contributed by atoms with Gasteiger partial charge in [0.15, 0.2) is 0 Å². The van der Waals surface area contributed by atoms with Gasteiger partial charge in [0.1, 0.15) is 10.2 Å². The van der Waals surface area contributed by atoms with Crippen LogP contribution in [0.3, 0.4) is 0 Å². The van der Waals surface area contributed by atoms with Gasteiger partial charge in [-0.25, -0.2) is 4.79 Å². The summed E-state index contributed by atoms with van der Waals surface area (Å²) in [4.78, 5) is 14.5. The minimum atomic E-state index is -0.520. The average molecular weight is 504 g/mol. The third-order valence-electron chi connectivity index (χ3n) is 4.89. The van der Waals surface area contributed by atoms with Crippen molar-refractivity contribution in [1.29, 1.82) is 0 Å². The second-order valence-corrected chi connectivity index (χ2v) is 10.2. The lowest BCUT2D eigenvalue weighted by atomic mass is 9.89. The van der Waals surface area contributed by atoms with Gasteiger partial charge in [-0.2, -0.15) is 5.10 Å². The molecule has 0 saturated carbocycles. The summed E-state index contributed by atoms with van der Waals surface area (Å²) in [6, 6.07) is 5.65. The van der Waals surface area contributed by atoms with Gasteiger partial charge in [-0.15, -0.1) is 0 Å². The molecule has 1 aromatic heterocycles. The molecule has 1 aliphatic heterocycles. The van der Waals surface area contributed by atoms with E-state index in [0.29, 0.717) is 10.0 Å². The molecule has 0 spiro atoms. The largest absolute Gasteiger partial charge is 0.444 e. The van der Waals surface area contributed by atoms with Gasteiger partial charge in [0.2, 0.25) is 0 Å². The van der Waals surface area contributed by atoms with Crippen molar-refractivity contribution in [3.63, 3.8) is 0 Å². The average Bonchev–Trinajstić information content (AvgIpc) is 3.02. The van der Waals surface area contributed by atoms with Crippen molar-refractivity contribution in [2.45, 2.75) is 51.7 Å². The van der Waals surface area contributed by atoms with Crippen LogP contribution in [0.4, 0.5) is 10.5 Å². The molecule has 29 heavy (non-hydrogen) atoms. The minimum absolute atomic E-state index is 0.329. The minimum Gasteiger partial charge on any atom is -0.444 e. The third-order valence-corrected chi connectivity index (χ3v) is 6.10. The van der Waals surface area contributed by atoms with Crippen LogP contribution in [0, 0.1) is 0 Å². The smallest absolute Gasteiger partial charge is 0.408 e. The molecule has 0 atom stereocenters. The van der Waals surface area contributed by atoms with E-state index in [0.717, 1.165) is 47.5 Å². The zero-order chi connectivity index (χ0) is 21.4. The molecule has 2 aromatic rings. The van der Waals surface area contributed by atoms with E-state index in [9.17, 15) is 4.79 Å². The number of nitrogens with one attached hydrogen (secondary N) is 2. The fourth-order valence-corrected chi connectivity index (χ4v) is 4.11. The molecule has 2 N–H and O–H groups in total. The number of hydrogen-bond donors (Lipinski definition) is 2. The molecular weight excluding hydrogens is 479 g/mol. The van der Waals surface area contributed by atoms with E-state index >= 15 is 0 Å². The number of halogens is 3. The van der Waals surface area contributed by atoms with Gasteiger partial charge < -0.3 is 15.0 Å². The molecule has 9 heteroatoms. The SMILES string of the molecule is CC1(NC(=O)OC(C)(C)C)CCN(c2ccc(Cl)c(Cl)c2-c2cc(Br)[nH]n2)CC1. The first kappa shape index (κ1) is 22.2. The Hall–Kier alpha value is -1.44. The van der Waals surface area contributed by atoms with Crippen LogP contribution >= 0.6 is 39.1 Å². The highest BCUT2D eigenvalue weighted by Gasteiger charge is 2.34. The topological polar surface area (TPSA) is 70.2 Å². The quantitative estimate of drug-likeness (QED) is 0.536. The molecule has 158 valence electrons. The number of aromatic nitrogens is 2. The Morgan fingerprint density at radius 2 is 1.97 bits per heavy atom. The first-order valence-electron chi connectivity index (χ1n) is 9.43. The fourth-order valence-electron chi connectivity index (χ4n) is 3.39. The number of anilines is 1. The zero-order valence-corrected chi connectivity index (χ0v) is 20.0. The van der Waals surface area contributed by atoms with Crippen LogP contribution in [0.25, 0.3) is 11.3 Å². The van der Waals surface area contributed by atoms with Crippen LogP contribution in [0.5, 0.6) is 0 Å². The predicted octanol–water partition coefficient (Wildman–Crippen LogP) is 6.03. The van der Waals surface area contributed by atoms with E-state index < -0.39 is 5.60 Å². The first-order chi connectivity index (χ1) is 13.5. The Kier molecular flexibility index (Phi) is 6.41. The molecule has 0 radical (unpaired) electrons. The van der Waals surface area contributed by atoms with E-state index in [2.05, 4.69) is 43.3 Å². The lowest BCUT2D eigenvalue weighted by Gasteiger charge is -2.41. The lowest BCUT2D eigenvalue weighted by molar-refractivity contribution is 0.0448. The lowest BCUT2D eigenvalue weighted by Crippen LogP contribution is -2.54. The predicted molar refractivity (Wildman–Crippen MR) is 121 cm³/mol. The number of ether oxygens (including phenoxy) is 1. The third kappa shape index (κ3) is 5.38. The molecule has 6 nitrogen and oxygen atoms in total. The summed E-state index contributed by atoms with van der Waals surface area (Å²) in [5, 5.41) is 11.2. The van der Waals surface area contributed by atoms with Crippen LogP contribution in [-0.2, 0) is 4.74 Å². The second kappa shape index (κ2) is 8.36. The maximum atomic E-state index is 12.2. The molecule has 3 rings (SSSR count). The van der Waals surface area contributed by atoms with Crippen LogP contribution in [-0.4, -0.2) is 40.5 Å². The maximum absolute atomic E-state index is 12.2. The van der Waals surface area contributed by atoms with Crippen molar-refractivity contribution in [3.8, 4) is 11.3 Å². The zero-order valence-electron chi connectivity index (χ0n) is 16.9. The van der Waals surface area contributed by atoms with Crippen molar-refractivity contribution in [1.82, 2.24) is 15.5 Å². The number of amides is 1. The summed E-state index contributed by atoms with van der Waals surface area (Å²) in [6.07, 6.45) is 1.16. The van der Waals surface area contributed by atoms with E-state index in [1.54, 1.807) is 6.07 Å². The van der Waals surface area contributed by atoms with Gasteiger partial charge in [-0.3, -0.25) is 5.10 Å². The summed E-state index contributed by atoms with van der Waals surface area (Å²) in [7, 11) is 0. The highest BCUT2D eigenvalue weighted by molar-refractivity contribution is 9.10. The standard InChI is InChI=1S/C20H25BrCl2N4O2/c1-19(2,3)29-18(28)24-20(4)7-9-27(10-8-20)14-6-5-12(22)17(23)16(14)13-11-15(21)26-25-13/h5-6,11H,7-10H2,1-4H3,(H,24,28)(H,25,26). The number of piperidine rings is 1. The number of benzene rings is 1. The first-order valence-corrected chi connectivity index (χ1v) is 11.0. The Balaban J connectivity index is 1.78. The highest BCUT2D eigenvalue weighted by atomic mass is 79.9. The maximum Gasteiger partial charge on any atom is 0.408 e. The van der Waals surface area contributed by atoms with Gasteiger partial charge in [0.05, 0.1) is 15.7 Å². The Bertz CT molecular complexity index is 902. The summed E-state index contributed by atoms with van der Waals surface area (Å²) in [5.41, 5.74) is 1.64. The van der Waals surface area contributed by atoms with Gasteiger partial charge in [0.25, 0.3) is 0 Å². The van der Waals surface area contributed by atoms with Crippen LogP contribution in [0.2, 0.25) is 10.0 Å². The summed E-state index contributed by atoms with van der Waals surface area (Å²) in [6.45, 7) is 9.13. The number of carbonyl (C=O) groups is 1. The number of rotatable bonds is 3. The number of alkyl carbamates (subject to hydrolysis) is 1. The molecule has 1 saturated heterocycles. The van der Waals surface area contributed by atoms with Crippen molar-refractivity contribution in [2.75, 3.05) is 18.0 Å². The van der Waals surface area contributed by atoms with Gasteiger partial charge in [-0.1, -0.05) is 23.2 Å². The summed E-state index contributed by atoms with van der Waals surface area (Å²) < 4.78 is 6.18. The molecule has 1 amide bonds. The molecule has 0 aliphatic carbocycles. The van der Waals surface area contributed by atoms with Crippen molar-refractivity contribution in [2.24, 2.45) is 0 Å². The van der Waals surface area contributed by atoms with Crippen molar-refractivity contribution >= 4 is 50.9 Å². The molecule has 0 unspecified atom stereocenters. The number of aromatic amines is 1. The molecule has 1 fully saturated rings. The number of carbonyl (C=O) groups excluding carboxylic acids is 1. The highest BCUT2D eigenvalue weighted by Crippen LogP contribution is 2.42. The second-order valence-electron chi connectivity index (χ2n) is 8.53. The molecule has 0 bridgehead atoms. The number of nitrogens with zero attached hydrogens (tertiary/aromatic N) is 2. The Labute approximate surface area is 189 Å². The monoisotopic (exact) mass is 502 g/mol. The van der Waals surface area contributed by atoms with Gasteiger partial charge in [-0.05, 0) is 74.7 Å². The Morgan fingerprint density at radius 1 is 1.31 bits per heavy atom. The van der Waals surface area contributed by atoms with Crippen molar-refractivity contribution in [3.05, 3.63) is 32.8 Å².